The molecule has 9 heteroatoms. The minimum atomic E-state index is -3.97. The Morgan fingerprint density at radius 3 is 2.31 bits per heavy atom. The lowest BCUT2D eigenvalue weighted by atomic mass is 10.1. The third kappa shape index (κ3) is 5.44. The van der Waals surface area contributed by atoms with E-state index in [4.69, 9.17) is 4.74 Å². The number of ether oxygens (including phenoxy) is 1. The maximum Gasteiger partial charge on any atom is 0.262 e. The van der Waals surface area contributed by atoms with Gasteiger partial charge < -0.3 is 15.4 Å². The summed E-state index contributed by atoms with van der Waals surface area (Å²) in [6.07, 6.45) is 0. The molecule has 8 nitrogen and oxygen atoms in total. The highest BCUT2D eigenvalue weighted by Gasteiger charge is 2.19. The van der Waals surface area contributed by atoms with Gasteiger partial charge in [-0.05, 0) is 55.0 Å². The second kappa shape index (κ2) is 9.52. The molecule has 2 amide bonds. The number of carbonyl (C=O) groups is 2. The van der Waals surface area contributed by atoms with Crippen LogP contribution in [-0.2, 0) is 14.8 Å². The third-order valence-electron chi connectivity index (χ3n) is 4.49. The number of para-hydroxylation sites is 2. The Labute approximate surface area is 186 Å². The fraction of sp³-hybridized carbons (Fsp3) is 0.130. The predicted octanol–water partition coefficient (Wildman–Crippen LogP) is 4.02. The smallest absolute Gasteiger partial charge is 0.262 e. The van der Waals surface area contributed by atoms with Crippen molar-refractivity contribution in [3.05, 3.63) is 77.9 Å². The van der Waals surface area contributed by atoms with Crippen LogP contribution in [-0.4, -0.2) is 27.3 Å². The number of anilines is 3. The Bertz CT molecular complexity index is 1270. The van der Waals surface area contributed by atoms with Gasteiger partial charge in [-0.3, -0.25) is 14.3 Å². The number of sulfonamides is 1. The normalized spacial score (nSPS) is 10.8. The summed E-state index contributed by atoms with van der Waals surface area (Å²) in [5, 5.41) is 5.39. The Morgan fingerprint density at radius 1 is 0.844 bits per heavy atom. The van der Waals surface area contributed by atoms with Crippen molar-refractivity contribution in [3.8, 4) is 5.75 Å². The van der Waals surface area contributed by atoms with Gasteiger partial charge in [0.1, 0.15) is 5.75 Å². The molecule has 0 aromatic heterocycles. The number of rotatable bonds is 7. The first-order chi connectivity index (χ1) is 15.2. The molecule has 0 atom stereocenters. The lowest BCUT2D eigenvalue weighted by molar-refractivity contribution is -0.114. The zero-order valence-corrected chi connectivity index (χ0v) is 18.6. The summed E-state index contributed by atoms with van der Waals surface area (Å²) < 4.78 is 33.4. The van der Waals surface area contributed by atoms with Crippen LogP contribution in [0.3, 0.4) is 0 Å². The van der Waals surface area contributed by atoms with Crippen LogP contribution in [0, 0.1) is 6.92 Å². The van der Waals surface area contributed by atoms with Gasteiger partial charge in [-0.1, -0.05) is 24.3 Å². The van der Waals surface area contributed by atoms with Gasteiger partial charge in [-0.2, -0.15) is 0 Å². The number of carbonyl (C=O) groups excluding carboxylic acids is 2. The molecule has 3 aromatic carbocycles. The molecule has 0 heterocycles. The minimum absolute atomic E-state index is 0.0811. The second-order valence-corrected chi connectivity index (χ2v) is 8.70. The summed E-state index contributed by atoms with van der Waals surface area (Å²) in [5.74, 6) is -0.425. The SMILES string of the molecule is COc1ccccc1NS(=O)(=O)c1cccc(C(=O)Nc2cc(C)ccc2NC(C)=O)c1. The van der Waals surface area contributed by atoms with Gasteiger partial charge in [0.25, 0.3) is 15.9 Å². The summed E-state index contributed by atoms with van der Waals surface area (Å²) in [6.45, 7) is 3.22. The van der Waals surface area contributed by atoms with E-state index in [1.807, 2.05) is 6.92 Å². The standard InChI is InChI=1S/C23H23N3O5S/c1-15-11-12-19(24-16(2)27)21(13-15)25-23(28)17-7-6-8-18(14-17)32(29,30)26-20-9-4-5-10-22(20)31-3/h4-14,26H,1-3H3,(H,24,27)(H,25,28). The topological polar surface area (TPSA) is 114 Å². The molecule has 3 rings (SSSR count). The van der Waals surface area contributed by atoms with Gasteiger partial charge in [0.05, 0.1) is 29.1 Å². The largest absolute Gasteiger partial charge is 0.495 e. The number of amides is 2. The van der Waals surface area contributed by atoms with Crippen LogP contribution in [0.5, 0.6) is 5.75 Å². The molecule has 3 aromatic rings. The van der Waals surface area contributed by atoms with Gasteiger partial charge in [0.15, 0.2) is 0 Å². The van der Waals surface area contributed by atoms with Crippen LogP contribution >= 0.6 is 0 Å². The van der Waals surface area contributed by atoms with Crippen LogP contribution in [0.15, 0.2) is 71.6 Å². The summed E-state index contributed by atoms with van der Waals surface area (Å²) in [5.41, 5.74) is 2.16. The number of nitrogens with one attached hydrogen (secondary N) is 3. The van der Waals surface area contributed by atoms with E-state index in [2.05, 4.69) is 15.4 Å². The van der Waals surface area contributed by atoms with E-state index in [1.54, 1.807) is 42.5 Å². The van der Waals surface area contributed by atoms with Gasteiger partial charge in [-0.25, -0.2) is 8.42 Å². The van der Waals surface area contributed by atoms with E-state index in [-0.39, 0.29) is 22.1 Å². The first-order valence-electron chi connectivity index (χ1n) is 9.65. The van der Waals surface area contributed by atoms with E-state index in [0.717, 1.165) is 5.56 Å². The Kier molecular flexibility index (Phi) is 6.79. The van der Waals surface area contributed by atoms with Crippen LogP contribution < -0.4 is 20.1 Å². The van der Waals surface area contributed by atoms with Crippen molar-refractivity contribution in [3.63, 3.8) is 0 Å². The quantitative estimate of drug-likeness (QED) is 0.500. The van der Waals surface area contributed by atoms with E-state index >= 15 is 0 Å². The fourth-order valence-corrected chi connectivity index (χ4v) is 4.11. The van der Waals surface area contributed by atoms with Crippen molar-refractivity contribution in [2.75, 3.05) is 22.5 Å². The van der Waals surface area contributed by atoms with Crippen LogP contribution in [0.2, 0.25) is 0 Å². The number of hydrogen-bond donors (Lipinski definition) is 3. The predicted molar refractivity (Wildman–Crippen MR) is 124 cm³/mol. The molecule has 0 bridgehead atoms. The fourth-order valence-electron chi connectivity index (χ4n) is 2.99. The van der Waals surface area contributed by atoms with Gasteiger partial charge in [0, 0.05) is 12.5 Å². The first kappa shape index (κ1) is 22.8. The lowest BCUT2D eigenvalue weighted by Gasteiger charge is -2.14. The van der Waals surface area contributed by atoms with E-state index in [1.165, 1.54) is 38.3 Å². The second-order valence-electron chi connectivity index (χ2n) is 7.02. The van der Waals surface area contributed by atoms with Gasteiger partial charge in [0.2, 0.25) is 5.91 Å². The monoisotopic (exact) mass is 453 g/mol. The summed E-state index contributed by atoms with van der Waals surface area (Å²) in [7, 11) is -2.53. The highest BCUT2D eigenvalue weighted by atomic mass is 32.2. The number of hydrogen-bond acceptors (Lipinski definition) is 5. The molecule has 32 heavy (non-hydrogen) atoms. The Hall–Kier alpha value is -3.85. The van der Waals surface area contributed by atoms with Crippen molar-refractivity contribution in [1.82, 2.24) is 0 Å². The Morgan fingerprint density at radius 2 is 1.59 bits per heavy atom. The van der Waals surface area contributed by atoms with Crippen LogP contribution in [0.1, 0.15) is 22.8 Å². The van der Waals surface area contributed by atoms with E-state index in [9.17, 15) is 18.0 Å². The molecule has 0 unspecified atom stereocenters. The summed E-state index contributed by atoms with van der Waals surface area (Å²) >= 11 is 0. The zero-order valence-electron chi connectivity index (χ0n) is 17.8. The molecule has 166 valence electrons. The summed E-state index contributed by atoms with van der Waals surface area (Å²) in [6, 6.07) is 17.5. The van der Waals surface area contributed by atoms with Gasteiger partial charge in [-0.15, -0.1) is 0 Å². The molecule has 0 saturated heterocycles. The number of benzene rings is 3. The molecule has 3 N–H and O–H groups in total. The molecular weight excluding hydrogens is 430 g/mol. The molecule has 0 aliphatic heterocycles. The third-order valence-corrected chi connectivity index (χ3v) is 5.85. The average Bonchev–Trinajstić information content (AvgIpc) is 2.75. The molecule has 0 aliphatic rings. The van der Waals surface area contributed by atoms with Crippen molar-refractivity contribution >= 4 is 38.9 Å². The van der Waals surface area contributed by atoms with Crippen molar-refractivity contribution in [1.29, 1.82) is 0 Å². The van der Waals surface area contributed by atoms with Crippen molar-refractivity contribution < 1.29 is 22.7 Å². The molecule has 0 fully saturated rings. The van der Waals surface area contributed by atoms with E-state index < -0.39 is 15.9 Å². The number of aryl methyl sites for hydroxylation is 1. The van der Waals surface area contributed by atoms with Gasteiger partial charge >= 0.3 is 0 Å². The molecule has 0 spiro atoms. The highest BCUT2D eigenvalue weighted by molar-refractivity contribution is 7.92. The highest BCUT2D eigenvalue weighted by Crippen LogP contribution is 2.27. The molecule has 0 saturated carbocycles. The maximum absolute atomic E-state index is 12.9. The summed E-state index contributed by atoms with van der Waals surface area (Å²) in [4.78, 5) is 24.2. The zero-order chi connectivity index (χ0) is 23.3. The van der Waals surface area contributed by atoms with E-state index in [0.29, 0.717) is 17.1 Å². The lowest BCUT2D eigenvalue weighted by Crippen LogP contribution is -2.17. The maximum atomic E-state index is 12.9. The average molecular weight is 454 g/mol. The van der Waals surface area contributed by atoms with Crippen molar-refractivity contribution in [2.24, 2.45) is 0 Å². The number of methoxy groups -OCH3 is 1. The molecule has 0 aliphatic carbocycles. The van der Waals surface area contributed by atoms with Crippen LogP contribution in [0.4, 0.5) is 17.1 Å². The molecular formula is C23H23N3O5S. The minimum Gasteiger partial charge on any atom is -0.495 e. The molecule has 0 radical (unpaired) electrons. The van der Waals surface area contributed by atoms with Crippen LogP contribution in [0.25, 0.3) is 0 Å². The van der Waals surface area contributed by atoms with Crippen molar-refractivity contribution in [2.45, 2.75) is 18.7 Å². The Balaban J connectivity index is 1.87. The first-order valence-corrected chi connectivity index (χ1v) is 11.1.